The van der Waals surface area contributed by atoms with E-state index in [2.05, 4.69) is 10.1 Å². The molecule has 0 aromatic carbocycles. The Bertz CT molecular complexity index is 372. The van der Waals surface area contributed by atoms with Crippen LogP contribution < -0.4 is 5.14 Å². The van der Waals surface area contributed by atoms with E-state index in [1.54, 1.807) is 0 Å². The Hall–Kier alpha value is -0.600. The van der Waals surface area contributed by atoms with E-state index in [4.69, 9.17) is 0 Å². The van der Waals surface area contributed by atoms with Gasteiger partial charge in [-0.3, -0.25) is 0 Å². The Balaban J connectivity index is 3.09. The van der Waals surface area contributed by atoms with Crippen LogP contribution in [0.1, 0.15) is 11.4 Å². The molecule has 68 valence electrons. The van der Waals surface area contributed by atoms with Gasteiger partial charge in [0.05, 0.1) is 6.20 Å². The Kier molecular flexibility index (Phi) is 2.40. The molecule has 0 bridgehead atoms. The van der Waals surface area contributed by atoms with Gasteiger partial charge in [-0.2, -0.15) is 0 Å². The van der Waals surface area contributed by atoms with Crippen molar-refractivity contribution in [1.29, 1.82) is 0 Å². The van der Waals surface area contributed by atoms with Crippen LogP contribution in [-0.4, -0.2) is 13.4 Å². The summed E-state index contributed by atoms with van der Waals surface area (Å²) in [6, 6.07) is 0. The Morgan fingerprint density at radius 2 is 2.17 bits per heavy atom. The lowest BCUT2D eigenvalue weighted by Gasteiger charge is -1.88. The third kappa shape index (κ3) is 1.96. The highest BCUT2D eigenvalue weighted by Crippen LogP contribution is 2.25. The summed E-state index contributed by atoms with van der Waals surface area (Å²) >= 11 is 0.374. The van der Waals surface area contributed by atoms with Crippen molar-refractivity contribution in [2.24, 2.45) is 5.14 Å². The Labute approximate surface area is 71.1 Å². The molecule has 0 fully saturated rings. The number of thiazole rings is 1. The maximum absolute atomic E-state index is 11.9. The second-order valence-corrected chi connectivity index (χ2v) is 4.71. The molecule has 0 saturated carbocycles. The molecular formula is C4H4F2N2O2S2. The number of halogens is 2. The molecule has 0 atom stereocenters. The lowest BCUT2D eigenvalue weighted by Crippen LogP contribution is -2.09. The molecule has 0 amide bonds. The molecule has 1 aromatic heterocycles. The van der Waals surface area contributed by atoms with Crippen LogP contribution in [0.15, 0.2) is 10.4 Å². The summed E-state index contributed by atoms with van der Waals surface area (Å²) in [5.74, 6) is 0. The summed E-state index contributed by atoms with van der Waals surface area (Å²) in [5, 5.41) is 4.13. The zero-order chi connectivity index (χ0) is 9.35. The van der Waals surface area contributed by atoms with Crippen molar-refractivity contribution in [2.45, 2.75) is 10.6 Å². The van der Waals surface area contributed by atoms with Crippen LogP contribution in [-0.2, 0) is 10.0 Å². The number of hydrogen-bond donors (Lipinski definition) is 1. The minimum absolute atomic E-state index is 0.349. The molecule has 0 saturated heterocycles. The van der Waals surface area contributed by atoms with Crippen molar-refractivity contribution >= 4 is 21.4 Å². The normalized spacial score (nSPS) is 12.3. The Morgan fingerprint density at radius 3 is 2.42 bits per heavy atom. The SMILES string of the molecule is NS(=O)(=O)c1cnc(C(F)F)s1. The lowest BCUT2D eigenvalue weighted by atomic mass is 10.7. The summed E-state index contributed by atoms with van der Waals surface area (Å²) in [6.45, 7) is 0. The van der Waals surface area contributed by atoms with Crippen LogP contribution in [0.5, 0.6) is 0 Å². The van der Waals surface area contributed by atoms with Gasteiger partial charge in [-0.15, -0.1) is 0 Å². The molecule has 1 heterocycles. The minimum atomic E-state index is -3.89. The molecule has 0 unspecified atom stereocenters. The first-order chi connectivity index (χ1) is 5.41. The van der Waals surface area contributed by atoms with Crippen molar-refractivity contribution in [3.8, 4) is 0 Å². The fourth-order valence-corrected chi connectivity index (χ4v) is 1.93. The molecule has 0 aliphatic heterocycles. The van der Waals surface area contributed by atoms with Gasteiger partial charge in [-0.05, 0) is 0 Å². The summed E-state index contributed by atoms with van der Waals surface area (Å²) in [7, 11) is -3.89. The topological polar surface area (TPSA) is 73.1 Å². The van der Waals surface area contributed by atoms with Crippen LogP contribution in [0.25, 0.3) is 0 Å². The smallest absolute Gasteiger partial charge is 0.242 e. The van der Waals surface area contributed by atoms with Gasteiger partial charge in [0.1, 0.15) is 0 Å². The van der Waals surface area contributed by atoms with Crippen LogP contribution in [0.3, 0.4) is 0 Å². The van der Waals surface area contributed by atoms with E-state index in [9.17, 15) is 17.2 Å². The van der Waals surface area contributed by atoms with Crippen molar-refractivity contribution in [1.82, 2.24) is 4.98 Å². The van der Waals surface area contributed by atoms with Crippen molar-refractivity contribution in [2.75, 3.05) is 0 Å². The van der Waals surface area contributed by atoms with Gasteiger partial charge in [0.25, 0.3) is 6.43 Å². The summed E-state index contributed by atoms with van der Waals surface area (Å²) < 4.78 is 44.6. The van der Waals surface area contributed by atoms with Crippen molar-refractivity contribution in [3.05, 3.63) is 11.2 Å². The standard InChI is InChI=1S/C4H4F2N2O2S2/c5-3(6)4-8-1-2(11-4)12(7,9)10/h1,3H,(H2,7,9,10). The monoisotopic (exact) mass is 214 g/mol. The fraction of sp³-hybridized carbons (Fsp3) is 0.250. The number of primary sulfonamides is 1. The highest BCUT2D eigenvalue weighted by Gasteiger charge is 2.17. The lowest BCUT2D eigenvalue weighted by molar-refractivity contribution is 0.151. The number of rotatable bonds is 2. The number of aromatic nitrogens is 1. The van der Waals surface area contributed by atoms with E-state index in [0.717, 1.165) is 6.20 Å². The largest absolute Gasteiger partial charge is 0.289 e. The molecule has 0 spiro atoms. The predicted molar refractivity (Wildman–Crippen MR) is 38.4 cm³/mol. The zero-order valence-electron chi connectivity index (χ0n) is 5.57. The van der Waals surface area contributed by atoms with Crippen LogP contribution in [0.2, 0.25) is 0 Å². The second-order valence-electron chi connectivity index (χ2n) is 1.86. The van der Waals surface area contributed by atoms with Gasteiger partial charge in [0.15, 0.2) is 9.22 Å². The Morgan fingerprint density at radius 1 is 1.58 bits per heavy atom. The van der Waals surface area contributed by atoms with Gasteiger partial charge in [-0.1, -0.05) is 11.3 Å². The van der Waals surface area contributed by atoms with Gasteiger partial charge < -0.3 is 0 Å². The molecule has 4 nitrogen and oxygen atoms in total. The van der Waals surface area contributed by atoms with Crippen molar-refractivity contribution in [3.63, 3.8) is 0 Å². The van der Waals surface area contributed by atoms with E-state index >= 15 is 0 Å². The third-order valence-corrected chi connectivity index (χ3v) is 3.38. The van der Waals surface area contributed by atoms with Crippen molar-refractivity contribution < 1.29 is 17.2 Å². The highest BCUT2D eigenvalue weighted by molar-refractivity contribution is 7.91. The van der Waals surface area contributed by atoms with E-state index in [-0.39, 0.29) is 4.21 Å². The molecule has 0 radical (unpaired) electrons. The molecule has 0 aliphatic rings. The quantitative estimate of drug-likeness (QED) is 0.788. The molecule has 1 rings (SSSR count). The van der Waals surface area contributed by atoms with E-state index < -0.39 is 21.5 Å². The molecule has 1 aromatic rings. The number of nitrogens with two attached hydrogens (primary N) is 1. The zero-order valence-corrected chi connectivity index (χ0v) is 7.20. The first kappa shape index (κ1) is 9.49. The first-order valence-electron chi connectivity index (χ1n) is 2.68. The second kappa shape index (κ2) is 3.04. The number of nitrogens with zero attached hydrogens (tertiary/aromatic N) is 1. The molecular weight excluding hydrogens is 210 g/mol. The van der Waals surface area contributed by atoms with Crippen LogP contribution >= 0.6 is 11.3 Å². The maximum Gasteiger partial charge on any atom is 0.289 e. The van der Waals surface area contributed by atoms with Crippen LogP contribution in [0, 0.1) is 0 Å². The summed E-state index contributed by atoms with van der Waals surface area (Å²) in [5.41, 5.74) is 0. The molecule has 12 heavy (non-hydrogen) atoms. The predicted octanol–water partition coefficient (Wildman–Crippen LogP) is 0.728. The van der Waals surface area contributed by atoms with Gasteiger partial charge in [0.2, 0.25) is 10.0 Å². The average molecular weight is 214 g/mol. The average Bonchev–Trinajstić information content (AvgIpc) is 2.30. The van der Waals surface area contributed by atoms with E-state index in [0.29, 0.717) is 11.3 Å². The highest BCUT2D eigenvalue weighted by atomic mass is 32.2. The number of alkyl halides is 2. The van der Waals surface area contributed by atoms with Gasteiger partial charge >= 0.3 is 0 Å². The maximum atomic E-state index is 11.9. The van der Waals surface area contributed by atoms with Gasteiger partial charge in [-0.25, -0.2) is 27.3 Å². The molecule has 8 heteroatoms. The van der Waals surface area contributed by atoms with E-state index in [1.807, 2.05) is 0 Å². The number of hydrogen-bond acceptors (Lipinski definition) is 4. The summed E-state index contributed by atoms with van der Waals surface area (Å²) in [6.07, 6.45) is -1.94. The van der Waals surface area contributed by atoms with Crippen LogP contribution in [0.4, 0.5) is 8.78 Å². The number of sulfonamides is 1. The summed E-state index contributed by atoms with van der Waals surface area (Å²) in [4.78, 5) is 3.19. The first-order valence-corrected chi connectivity index (χ1v) is 5.04. The minimum Gasteiger partial charge on any atom is -0.242 e. The molecule has 0 aliphatic carbocycles. The fourth-order valence-electron chi connectivity index (χ4n) is 0.505. The van der Waals surface area contributed by atoms with E-state index in [1.165, 1.54) is 0 Å². The molecule has 2 N–H and O–H groups in total. The third-order valence-electron chi connectivity index (χ3n) is 0.969. The van der Waals surface area contributed by atoms with Gasteiger partial charge in [0, 0.05) is 0 Å².